The van der Waals surface area contributed by atoms with Gasteiger partial charge >= 0.3 is 0 Å². The Labute approximate surface area is 115 Å². The molecule has 1 saturated heterocycles. The lowest BCUT2D eigenvalue weighted by Crippen LogP contribution is -2.38. The lowest BCUT2D eigenvalue weighted by molar-refractivity contribution is -0.117. The third-order valence-electron chi connectivity index (χ3n) is 3.00. The third-order valence-corrected chi connectivity index (χ3v) is 5.50. The van der Waals surface area contributed by atoms with Crippen molar-refractivity contribution in [1.29, 1.82) is 0 Å². The van der Waals surface area contributed by atoms with Crippen molar-refractivity contribution in [2.75, 3.05) is 30.4 Å². The maximum atomic E-state index is 11.8. The van der Waals surface area contributed by atoms with Gasteiger partial charge in [0.2, 0.25) is 11.0 Å². The molecule has 19 heavy (non-hydrogen) atoms. The number of aryl methyl sites for hydroxylation is 1. The number of likely N-dealkylation sites (N-methyl/N-ethyl adjacent to an activating group) is 1. The van der Waals surface area contributed by atoms with E-state index in [-0.39, 0.29) is 30.0 Å². The van der Waals surface area contributed by atoms with E-state index in [0.29, 0.717) is 11.6 Å². The van der Waals surface area contributed by atoms with Crippen LogP contribution >= 0.6 is 11.3 Å². The molecule has 106 valence electrons. The lowest BCUT2D eigenvalue weighted by atomic mass is 10.2. The van der Waals surface area contributed by atoms with E-state index in [4.69, 9.17) is 0 Å². The number of anilines is 1. The maximum absolute atomic E-state index is 11.8. The number of carbonyl (C=O) groups excluding carboxylic acids is 1. The van der Waals surface area contributed by atoms with Crippen LogP contribution in [0.3, 0.4) is 0 Å². The second-order valence-electron chi connectivity index (χ2n) is 4.65. The summed E-state index contributed by atoms with van der Waals surface area (Å²) in [5.74, 6) is 0.136. The van der Waals surface area contributed by atoms with Gasteiger partial charge in [-0.1, -0.05) is 11.3 Å². The predicted octanol–water partition coefficient (Wildman–Crippen LogP) is -0.0961. The fourth-order valence-electron chi connectivity index (χ4n) is 1.98. The Bertz CT molecular complexity index is 569. The van der Waals surface area contributed by atoms with E-state index in [2.05, 4.69) is 15.5 Å². The lowest BCUT2D eigenvalue weighted by Gasteiger charge is -2.21. The van der Waals surface area contributed by atoms with Crippen molar-refractivity contribution in [2.45, 2.75) is 19.4 Å². The summed E-state index contributed by atoms with van der Waals surface area (Å²) in [6, 6.07) is -0.0769. The van der Waals surface area contributed by atoms with E-state index in [0.717, 1.165) is 5.01 Å². The molecule has 0 aliphatic carbocycles. The van der Waals surface area contributed by atoms with E-state index in [1.54, 1.807) is 11.9 Å². The minimum Gasteiger partial charge on any atom is -0.299 e. The first-order valence-corrected chi connectivity index (χ1v) is 8.50. The van der Waals surface area contributed by atoms with Crippen molar-refractivity contribution >= 4 is 32.2 Å². The zero-order chi connectivity index (χ0) is 14.0. The summed E-state index contributed by atoms with van der Waals surface area (Å²) < 4.78 is 22.8. The molecule has 0 unspecified atom stereocenters. The molecular weight excluding hydrogens is 288 g/mol. The number of nitrogens with one attached hydrogen (secondary N) is 1. The molecule has 2 heterocycles. The van der Waals surface area contributed by atoms with Gasteiger partial charge in [-0.15, -0.1) is 10.2 Å². The van der Waals surface area contributed by atoms with E-state index >= 15 is 0 Å². The molecule has 1 N–H and O–H groups in total. The Kier molecular flexibility index (Phi) is 4.16. The number of carbonyl (C=O) groups is 1. The van der Waals surface area contributed by atoms with Crippen LogP contribution in [0.4, 0.5) is 5.13 Å². The minimum atomic E-state index is -2.93. The molecule has 0 saturated carbocycles. The Morgan fingerprint density at radius 3 is 2.79 bits per heavy atom. The van der Waals surface area contributed by atoms with Crippen molar-refractivity contribution in [3.05, 3.63) is 5.01 Å². The van der Waals surface area contributed by atoms with Gasteiger partial charge in [-0.3, -0.25) is 15.0 Å². The molecule has 0 aromatic carbocycles. The van der Waals surface area contributed by atoms with Crippen LogP contribution in [-0.4, -0.2) is 60.6 Å². The molecule has 0 spiro atoms. The van der Waals surface area contributed by atoms with Gasteiger partial charge in [0.1, 0.15) is 5.01 Å². The van der Waals surface area contributed by atoms with Crippen LogP contribution in [0.2, 0.25) is 0 Å². The van der Waals surface area contributed by atoms with Gasteiger partial charge in [-0.05, 0) is 20.4 Å². The second-order valence-corrected chi connectivity index (χ2v) is 8.06. The van der Waals surface area contributed by atoms with Gasteiger partial charge in [0.25, 0.3) is 0 Å². The zero-order valence-corrected chi connectivity index (χ0v) is 12.4. The molecule has 1 aromatic rings. The largest absolute Gasteiger partial charge is 0.299 e. The summed E-state index contributed by atoms with van der Waals surface area (Å²) >= 11 is 1.31. The van der Waals surface area contributed by atoms with Crippen molar-refractivity contribution < 1.29 is 13.2 Å². The van der Waals surface area contributed by atoms with Gasteiger partial charge in [0.15, 0.2) is 9.84 Å². The second kappa shape index (κ2) is 5.51. The number of aromatic nitrogens is 2. The molecule has 1 amide bonds. The van der Waals surface area contributed by atoms with Gasteiger partial charge in [0.05, 0.1) is 18.1 Å². The first-order chi connectivity index (χ1) is 8.85. The van der Waals surface area contributed by atoms with Gasteiger partial charge in [-0.25, -0.2) is 8.42 Å². The number of amides is 1. The van der Waals surface area contributed by atoms with E-state index in [1.807, 2.05) is 6.92 Å². The van der Waals surface area contributed by atoms with Crippen molar-refractivity contribution in [3.63, 3.8) is 0 Å². The number of rotatable bonds is 4. The van der Waals surface area contributed by atoms with Crippen LogP contribution in [0.5, 0.6) is 0 Å². The zero-order valence-electron chi connectivity index (χ0n) is 10.8. The number of sulfone groups is 1. The van der Waals surface area contributed by atoms with Crippen molar-refractivity contribution in [2.24, 2.45) is 0 Å². The van der Waals surface area contributed by atoms with E-state index in [9.17, 15) is 13.2 Å². The van der Waals surface area contributed by atoms with E-state index in [1.165, 1.54) is 11.3 Å². The van der Waals surface area contributed by atoms with Gasteiger partial charge in [0, 0.05) is 6.04 Å². The normalized spacial score (nSPS) is 21.7. The van der Waals surface area contributed by atoms with Crippen LogP contribution < -0.4 is 5.32 Å². The molecule has 2 rings (SSSR count). The van der Waals surface area contributed by atoms with Gasteiger partial charge < -0.3 is 0 Å². The highest BCUT2D eigenvalue weighted by Gasteiger charge is 2.31. The summed E-state index contributed by atoms with van der Waals surface area (Å²) in [4.78, 5) is 13.6. The van der Waals surface area contributed by atoms with Gasteiger partial charge in [-0.2, -0.15) is 0 Å². The molecular formula is C10H16N4O3S2. The topological polar surface area (TPSA) is 92.3 Å². The monoisotopic (exact) mass is 304 g/mol. The summed E-state index contributed by atoms with van der Waals surface area (Å²) in [6.45, 7) is 1.96. The Hall–Kier alpha value is -1.06. The number of nitrogens with zero attached hydrogens (tertiary/aromatic N) is 3. The fraction of sp³-hybridized carbons (Fsp3) is 0.700. The first kappa shape index (κ1) is 14.4. The molecule has 1 atom stereocenters. The standard InChI is InChI=1S/C10H16N4O3S2/c1-7-12-13-10(18-7)11-9(15)5-14(2)8-3-4-19(16,17)6-8/h8H,3-6H2,1-2H3,(H,11,13,15)/t8-/m0/s1. The molecule has 0 bridgehead atoms. The summed E-state index contributed by atoms with van der Waals surface area (Å²) in [7, 11) is -1.17. The molecule has 1 fully saturated rings. The Morgan fingerprint density at radius 1 is 1.53 bits per heavy atom. The average molecular weight is 304 g/mol. The maximum Gasteiger partial charge on any atom is 0.240 e. The Morgan fingerprint density at radius 2 is 2.26 bits per heavy atom. The van der Waals surface area contributed by atoms with Crippen LogP contribution in [0.25, 0.3) is 0 Å². The molecule has 9 heteroatoms. The van der Waals surface area contributed by atoms with Crippen LogP contribution in [-0.2, 0) is 14.6 Å². The highest BCUT2D eigenvalue weighted by atomic mass is 32.2. The van der Waals surface area contributed by atoms with E-state index < -0.39 is 9.84 Å². The van der Waals surface area contributed by atoms with Crippen molar-refractivity contribution in [3.8, 4) is 0 Å². The smallest absolute Gasteiger partial charge is 0.240 e. The summed E-state index contributed by atoms with van der Waals surface area (Å²) in [5.41, 5.74) is 0. The Balaban J connectivity index is 1.85. The molecule has 1 aromatic heterocycles. The average Bonchev–Trinajstić information content (AvgIpc) is 2.84. The molecule has 1 aliphatic rings. The number of hydrogen-bond donors (Lipinski definition) is 1. The number of hydrogen-bond acceptors (Lipinski definition) is 7. The van der Waals surface area contributed by atoms with Crippen LogP contribution in [0.15, 0.2) is 0 Å². The fourth-order valence-corrected chi connectivity index (χ4v) is 4.40. The highest BCUT2D eigenvalue weighted by Crippen LogP contribution is 2.17. The van der Waals surface area contributed by atoms with Crippen LogP contribution in [0, 0.1) is 6.92 Å². The van der Waals surface area contributed by atoms with Crippen molar-refractivity contribution in [1.82, 2.24) is 15.1 Å². The molecule has 0 radical (unpaired) electrons. The summed E-state index contributed by atoms with van der Waals surface area (Å²) in [5, 5.41) is 11.5. The van der Waals surface area contributed by atoms with Crippen LogP contribution in [0.1, 0.15) is 11.4 Å². The highest BCUT2D eigenvalue weighted by molar-refractivity contribution is 7.91. The summed E-state index contributed by atoms with van der Waals surface area (Å²) in [6.07, 6.45) is 0.587. The third kappa shape index (κ3) is 3.95. The quantitative estimate of drug-likeness (QED) is 0.835. The predicted molar refractivity (Wildman–Crippen MR) is 73.0 cm³/mol. The minimum absolute atomic E-state index is 0.0769. The molecule has 7 nitrogen and oxygen atoms in total. The first-order valence-electron chi connectivity index (χ1n) is 5.86. The SMILES string of the molecule is Cc1nnc(NC(=O)CN(C)[C@H]2CCS(=O)(=O)C2)s1. The molecule has 1 aliphatic heterocycles.